The van der Waals surface area contributed by atoms with Crippen molar-refractivity contribution in [3.8, 4) is 0 Å². The number of nitrogens with one attached hydrogen (secondary N) is 1. The molecule has 1 aromatic rings. The van der Waals surface area contributed by atoms with Crippen LogP contribution in [0.3, 0.4) is 0 Å². The maximum atomic E-state index is 12.8. The smallest absolute Gasteiger partial charge is 0.241 e. The molecular formula is C17H23N3O2S. The van der Waals surface area contributed by atoms with Gasteiger partial charge < -0.3 is 10.2 Å². The van der Waals surface area contributed by atoms with Crippen LogP contribution in [-0.4, -0.2) is 35.1 Å². The van der Waals surface area contributed by atoms with Crippen LogP contribution in [0, 0.1) is 5.92 Å². The molecule has 1 aliphatic carbocycles. The van der Waals surface area contributed by atoms with Gasteiger partial charge in [0.25, 0.3) is 0 Å². The minimum absolute atomic E-state index is 0.0300. The summed E-state index contributed by atoms with van der Waals surface area (Å²) in [5, 5.41) is 3.43. The Balaban J connectivity index is 1.68. The standard InChI is InChI=1S/C17H23N3O2S/c1-2-3-9-20-13-5-4-8-18-16(13)23-14(17(20)22)10-15(21)19-11-12-6-7-12/h4-5,8,12,14H,2-3,6-7,9-11H2,1H3,(H,19,21)/t14-/m0/s1. The van der Waals surface area contributed by atoms with Gasteiger partial charge >= 0.3 is 0 Å². The number of thioether (sulfide) groups is 1. The molecule has 5 nitrogen and oxygen atoms in total. The summed E-state index contributed by atoms with van der Waals surface area (Å²) >= 11 is 1.42. The molecule has 0 saturated heterocycles. The number of hydrogen-bond acceptors (Lipinski definition) is 4. The third-order valence-electron chi connectivity index (χ3n) is 4.23. The lowest BCUT2D eigenvalue weighted by Gasteiger charge is -2.32. The molecule has 1 aliphatic heterocycles. The van der Waals surface area contributed by atoms with E-state index in [1.165, 1.54) is 24.6 Å². The molecule has 0 unspecified atom stereocenters. The van der Waals surface area contributed by atoms with Gasteiger partial charge in [0.1, 0.15) is 5.03 Å². The summed E-state index contributed by atoms with van der Waals surface area (Å²) < 4.78 is 0. The predicted molar refractivity (Wildman–Crippen MR) is 91.5 cm³/mol. The van der Waals surface area contributed by atoms with Gasteiger partial charge in [-0.2, -0.15) is 0 Å². The highest BCUT2D eigenvalue weighted by Gasteiger charge is 2.35. The summed E-state index contributed by atoms with van der Waals surface area (Å²) in [4.78, 5) is 31.1. The molecule has 2 heterocycles. The summed E-state index contributed by atoms with van der Waals surface area (Å²) in [6.07, 6.45) is 6.36. The third kappa shape index (κ3) is 4.05. The Hall–Kier alpha value is -1.56. The van der Waals surface area contributed by atoms with E-state index in [1.54, 1.807) is 11.1 Å². The number of fused-ring (bicyclic) bond motifs is 1. The van der Waals surface area contributed by atoms with E-state index in [1.807, 2.05) is 12.1 Å². The monoisotopic (exact) mass is 333 g/mol. The van der Waals surface area contributed by atoms with Crippen LogP contribution in [0.5, 0.6) is 0 Å². The number of nitrogens with zero attached hydrogens (tertiary/aromatic N) is 2. The third-order valence-corrected chi connectivity index (χ3v) is 5.42. The van der Waals surface area contributed by atoms with E-state index in [-0.39, 0.29) is 23.5 Å². The van der Waals surface area contributed by atoms with Gasteiger partial charge in [-0.05, 0) is 37.3 Å². The molecule has 1 aromatic heterocycles. The number of anilines is 1. The largest absolute Gasteiger partial charge is 0.356 e. The van der Waals surface area contributed by atoms with Gasteiger partial charge in [0.2, 0.25) is 11.8 Å². The number of carbonyl (C=O) groups is 2. The number of hydrogen-bond donors (Lipinski definition) is 1. The second kappa shape index (κ2) is 7.34. The van der Waals surface area contributed by atoms with Crippen molar-refractivity contribution in [3.05, 3.63) is 18.3 Å². The van der Waals surface area contributed by atoms with Crippen molar-refractivity contribution in [3.63, 3.8) is 0 Å². The van der Waals surface area contributed by atoms with Crippen LogP contribution in [0.2, 0.25) is 0 Å². The van der Waals surface area contributed by atoms with Crippen molar-refractivity contribution in [1.29, 1.82) is 0 Å². The van der Waals surface area contributed by atoms with Crippen LogP contribution < -0.4 is 10.2 Å². The van der Waals surface area contributed by atoms with Crippen molar-refractivity contribution in [2.45, 2.75) is 49.3 Å². The molecule has 23 heavy (non-hydrogen) atoms. The highest BCUT2D eigenvalue weighted by Crippen LogP contribution is 2.38. The summed E-state index contributed by atoms with van der Waals surface area (Å²) in [5.74, 6) is 0.653. The van der Waals surface area contributed by atoms with Gasteiger partial charge in [0.15, 0.2) is 0 Å². The van der Waals surface area contributed by atoms with Crippen LogP contribution in [0.25, 0.3) is 0 Å². The quantitative estimate of drug-likeness (QED) is 0.833. The number of rotatable bonds is 7. The summed E-state index contributed by atoms with van der Waals surface area (Å²) in [6, 6.07) is 3.79. The lowest BCUT2D eigenvalue weighted by atomic mass is 10.2. The first-order valence-electron chi connectivity index (χ1n) is 8.38. The van der Waals surface area contributed by atoms with Crippen molar-refractivity contribution >= 4 is 29.3 Å². The average molecular weight is 333 g/mol. The number of carbonyl (C=O) groups excluding carboxylic acids is 2. The summed E-state index contributed by atoms with van der Waals surface area (Å²) in [7, 11) is 0. The average Bonchev–Trinajstić information content (AvgIpc) is 3.37. The van der Waals surface area contributed by atoms with Crippen molar-refractivity contribution in [2.24, 2.45) is 5.92 Å². The number of unbranched alkanes of at least 4 members (excludes halogenated alkanes) is 1. The van der Waals surface area contributed by atoms with E-state index in [0.29, 0.717) is 12.5 Å². The fraction of sp³-hybridized carbons (Fsp3) is 0.588. The van der Waals surface area contributed by atoms with Gasteiger partial charge in [-0.3, -0.25) is 9.59 Å². The Kier molecular flexibility index (Phi) is 5.20. The number of amides is 2. The Morgan fingerprint density at radius 2 is 2.30 bits per heavy atom. The maximum Gasteiger partial charge on any atom is 0.241 e. The van der Waals surface area contributed by atoms with Crippen LogP contribution in [-0.2, 0) is 9.59 Å². The van der Waals surface area contributed by atoms with E-state index >= 15 is 0 Å². The zero-order chi connectivity index (χ0) is 16.2. The van der Waals surface area contributed by atoms with Gasteiger partial charge in [0, 0.05) is 25.7 Å². The second-order valence-electron chi connectivity index (χ2n) is 6.23. The summed E-state index contributed by atoms with van der Waals surface area (Å²) in [5.41, 5.74) is 0.880. The molecular weight excluding hydrogens is 310 g/mol. The highest BCUT2D eigenvalue weighted by atomic mass is 32.2. The molecule has 0 spiro atoms. The molecule has 3 rings (SSSR count). The first kappa shape index (κ1) is 16.3. The van der Waals surface area contributed by atoms with Crippen LogP contribution >= 0.6 is 11.8 Å². The Labute approximate surface area is 141 Å². The molecule has 124 valence electrons. The topological polar surface area (TPSA) is 62.3 Å². The molecule has 2 amide bonds. The maximum absolute atomic E-state index is 12.8. The van der Waals surface area contributed by atoms with Crippen LogP contribution in [0.15, 0.2) is 23.4 Å². The molecule has 6 heteroatoms. The first-order chi connectivity index (χ1) is 11.2. The van der Waals surface area contributed by atoms with Crippen LogP contribution in [0.4, 0.5) is 5.69 Å². The van der Waals surface area contributed by atoms with E-state index in [4.69, 9.17) is 0 Å². The lowest BCUT2D eigenvalue weighted by molar-refractivity contribution is -0.124. The van der Waals surface area contributed by atoms with Crippen molar-refractivity contribution in [1.82, 2.24) is 10.3 Å². The molecule has 2 aliphatic rings. The van der Waals surface area contributed by atoms with Crippen molar-refractivity contribution < 1.29 is 9.59 Å². The zero-order valence-corrected chi connectivity index (χ0v) is 14.3. The summed E-state index contributed by atoms with van der Waals surface area (Å²) in [6.45, 7) is 3.55. The van der Waals surface area contributed by atoms with E-state index in [2.05, 4.69) is 17.2 Å². The van der Waals surface area contributed by atoms with E-state index in [9.17, 15) is 9.59 Å². The van der Waals surface area contributed by atoms with E-state index in [0.717, 1.165) is 30.1 Å². The molecule has 1 fully saturated rings. The lowest BCUT2D eigenvalue weighted by Crippen LogP contribution is -2.44. The number of aromatic nitrogens is 1. The molecule has 1 atom stereocenters. The van der Waals surface area contributed by atoms with Gasteiger partial charge in [-0.15, -0.1) is 0 Å². The van der Waals surface area contributed by atoms with Crippen LogP contribution in [0.1, 0.15) is 39.0 Å². The first-order valence-corrected chi connectivity index (χ1v) is 9.26. The highest BCUT2D eigenvalue weighted by molar-refractivity contribution is 8.00. The Morgan fingerprint density at radius 1 is 1.48 bits per heavy atom. The fourth-order valence-electron chi connectivity index (χ4n) is 2.65. The Bertz CT molecular complexity index is 589. The SMILES string of the molecule is CCCCN1C(=O)[C@H](CC(=O)NCC2CC2)Sc2ncccc21. The molecule has 1 saturated carbocycles. The van der Waals surface area contributed by atoms with Crippen molar-refractivity contribution in [2.75, 3.05) is 18.0 Å². The second-order valence-corrected chi connectivity index (χ2v) is 7.42. The molecule has 0 aromatic carbocycles. The molecule has 0 bridgehead atoms. The van der Waals surface area contributed by atoms with E-state index < -0.39 is 0 Å². The molecule has 0 radical (unpaired) electrons. The normalized spacial score (nSPS) is 20.3. The van der Waals surface area contributed by atoms with Gasteiger partial charge in [-0.25, -0.2) is 4.98 Å². The molecule has 1 N–H and O–H groups in total. The minimum Gasteiger partial charge on any atom is -0.356 e. The minimum atomic E-state index is -0.367. The fourth-order valence-corrected chi connectivity index (χ4v) is 3.81. The van der Waals surface area contributed by atoms with Gasteiger partial charge in [-0.1, -0.05) is 25.1 Å². The predicted octanol–water partition coefficient (Wildman–Crippen LogP) is 2.61. The van der Waals surface area contributed by atoms with Gasteiger partial charge in [0.05, 0.1) is 10.9 Å². The number of pyridine rings is 1. The Morgan fingerprint density at radius 3 is 3.04 bits per heavy atom. The zero-order valence-electron chi connectivity index (χ0n) is 13.5.